The average molecular weight is 316 g/mol. The van der Waals surface area contributed by atoms with Gasteiger partial charge in [0, 0.05) is 26.2 Å². The second-order valence-corrected chi connectivity index (χ2v) is 7.02. The summed E-state index contributed by atoms with van der Waals surface area (Å²) in [5, 5.41) is 3.34. The minimum atomic E-state index is 0. The number of carbonyl (C=O) groups excluding carboxylic acids is 1. The first-order valence-electron chi connectivity index (χ1n) is 8.46. The molecule has 3 saturated heterocycles. The van der Waals surface area contributed by atoms with Crippen LogP contribution >= 0.6 is 12.4 Å². The summed E-state index contributed by atoms with van der Waals surface area (Å²) in [6.07, 6.45) is 5.17. The molecule has 0 saturated carbocycles. The van der Waals surface area contributed by atoms with Gasteiger partial charge in [-0.25, -0.2) is 0 Å². The van der Waals surface area contributed by atoms with Gasteiger partial charge < -0.3 is 15.1 Å². The van der Waals surface area contributed by atoms with Gasteiger partial charge in [0.25, 0.3) is 0 Å². The van der Waals surface area contributed by atoms with Crippen molar-refractivity contribution < 1.29 is 4.79 Å². The van der Waals surface area contributed by atoms with Crippen molar-refractivity contribution in [1.29, 1.82) is 0 Å². The molecule has 0 aromatic carbocycles. The van der Waals surface area contributed by atoms with Gasteiger partial charge in [0.15, 0.2) is 0 Å². The van der Waals surface area contributed by atoms with Crippen molar-refractivity contribution in [3.05, 3.63) is 0 Å². The van der Waals surface area contributed by atoms with Crippen molar-refractivity contribution in [2.75, 3.05) is 45.8 Å². The van der Waals surface area contributed by atoms with Gasteiger partial charge in [-0.05, 0) is 57.2 Å². The lowest BCUT2D eigenvalue weighted by atomic mass is 9.92. The normalized spacial score (nSPS) is 31.4. The Hall–Kier alpha value is -0.320. The van der Waals surface area contributed by atoms with Crippen LogP contribution in [0.25, 0.3) is 0 Å². The summed E-state index contributed by atoms with van der Waals surface area (Å²) in [4.78, 5) is 17.3. The molecule has 3 rings (SSSR count). The first-order chi connectivity index (χ1) is 9.74. The second-order valence-electron chi connectivity index (χ2n) is 7.02. The van der Waals surface area contributed by atoms with Crippen LogP contribution in [-0.4, -0.2) is 61.5 Å². The Kier molecular flexibility index (Phi) is 6.33. The highest BCUT2D eigenvalue weighted by Crippen LogP contribution is 2.24. The third kappa shape index (κ3) is 4.11. The largest absolute Gasteiger partial charge is 0.342 e. The number of likely N-dealkylation sites (tertiary alicyclic amines) is 2. The average Bonchev–Trinajstić information content (AvgIpc) is 3.10. The van der Waals surface area contributed by atoms with E-state index in [1.54, 1.807) is 0 Å². The van der Waals surface area contributed by atoms with E-state index in [4.69, 9.17) is 0 Å². The lowest BCUT2D eigenvalue weighted by Gasteiger charge is -2.35. The van der Waals surface area contributed by atoms with Crippen molar-refractivity contribution in [3.8, 4) is 0 Å². The van der Waals surface area contributed by atoms with Crippen molar-refractivity contribution in [3.63, 3.8) is 0 Å². The first-order valence-corrected chi connectivity index (χ1v) is 8.46. The van der Waals surface area contributed by atoms with Crippen LogP contribution in [0.4, 0.5) is 0 Å². The molecule has 0 unspecified atom stereocenters. The summed E-state index contributed by atoms with van der Waals surface area (Å²) in [5.74, 6) is 1.95. The molecule has 1 N–H and O–H groups in total. The summed E-state index contributed by atoms with van der Waals surface area (Å²) in [7, 11) is 0. The van der Waals surface area contributed by atoms with Crippen LogP contribution in [0.1, 0.15) is 32.6 Å². The van der Waals surface area contributed by atoms with Crippen LogP contribution in [-0.2, 0) is 4.79 Å². The second kappa shape index (κ2) is 7.80. The predicted octanol–water partition coefficient (Wildman–Crippen LogP) is 1.60. The molecule has 0 bridgehead atoms. The van der Waals surface area contributed by atoms with Gasteiger partial charge in [-0.15, -0.1) is 12.4 Å². The third-order valence-corrected chi connectivity index (χ3v) is 5.48. The monoisotopic (exact) mass is 315 g/mol. The highest BCUT2D eigenvalue weighted by Gasteiger charge is 2.34. The number of piperidine rings is 1. The maximum Gasteiger partial charge on any atom is 0.227 e. The number of halogens is 1. The van der Waals surface area contributed by atoms with E-state index in [1.807, 2.05) is 0 Å². The molecule has 122 valence electrons. The maximum atomic E-state index is 12.5. The molecule has 0 aliphatic carbocycles. The molecule has 2 atom stereocenters. The van der Waals surface area contributed by atoms with Crippen LogP contribution in [0.15, 0.2) is 0 Å². The molecule has 0 spiro atoms. The smallest absolute Gasteiger partial charge is 0.227 e. The summed E-state index contributed by atoms with van der Waals surface area (Å²) >= 11 is 0. The minimum Gasteiger partial charge on any atom is -0.342 e. The zero-order chi connectivity index (χ0) is 13.9. The van der Waals surface area contributed by atoms with E-state index in [1.165, 1.54) is 45.3 Å². The molecule has 0 radical (unpaired) electrons. The summed E-state index contributed by atoms with van der Waals surface area (Å²) in [6, 6.07) is 0. The molecule has 3 aliphatic heterocycles. The number of carbonyl (C=O) groups is 1. The van der Waals surface area contributed by atoms with Crippen LogP contribution < -0.4 is 5.32 Å². The van der Waals surface area contributed by atoms with Crippen molar-refractivity contribution in [2.45, 2.75) is 32.6 Å². The molecule has 3 aliphatic rings. The van der Waals surface area contributed by atoms with Gasteiger partial charge >= 0.3 is 0 Å². The highest BCUT2D eigenvalue weighted by atomic mass is 35.5. The fourth-order valence-electron chi connectivity index (χ4n) is 4.04. The molecule has 5 heteroatoms. The Morgan fingerprint density at radius 2 is 1.76 bits per heavy atom. The number of nitrogens with zero attached hydrogens (tertiary/aromatic N) is 2. The van der Waals surface area contributed by atoms with Crippen molar-refractivity contribution in [2.24, 2.45) is 17.8 Å². The van der Waals surface area contributed by atoms with E-state index in [9.17, 15) is 4.79 Å². The standard InChI is InChI=1S/C16H29N3O.ClH/c1-13-10-17-11-15(13)16(20)19-8-4-14(5-9-19)12-18-6-2-3-7-18;/h13-15,17H,2-12H2,1H3;1H/t13-,15-;/m1./s1. The molecule has 4 nitrogen and oxygen atoms in total. The van der Waals surface area contributed by atoms with E-state index in [2.05, 4.69) is 22.0 Å². The van der Waals surface area contributed by atoms with E-state index in [0.717, 1.165) is 32.1 Å². The Morgan fingerprint density at radius 3 is 2.33 bits per heavy atom. The minimum absolute atomic E-state index is 0. The molecule has 0 aromatic rings. The molecule has 1 amide bonds. The van der Waals surface area contributed by atoms with E-state index in [0.29, 0.717) is 11.8 Å². The predicted molar refractivity (Wildman–Crippen MR) is 87.7 cm³/mol. The summed E-state index contributed by atoms with van der Waals surface area (Å²) < 4.78 is 0. The molecule has 3 fully saturated rings. The lowest BCUT2D eigenvalue weighted by Crippen LogP contribution is -2.45. The number of nitrogens with one attached hydrogen (secondary N) is 1. The van der Waals surface area contributed by atoms with Gasteiger partial charge in [-0.1, -0.05) is 6.92 Å². The van der Waals surface area contributed by atoms with Crippen LogP contribution in [0.5, 0.6) is 0 Å². The van der Waals surface area contributed by atoms with Gasteiger partial charge in [-0.2, -0.15) is 0 Å². The number of hydrogen-bond donors (Lipinski definition) is 1. The van der Waals surface area contributed by atoms with Crippen LogP contribution in [0.3, 0.4) is 0 Å². The molecular formula is C16H30ClN3O. The van der Waals surface area contributed by atoms with Gasteiger partial charge in [0.2, 0.25) is 5.91 Å². The number of hydrogen-bond acceptors (Lipinski definition) is 3. The highest BCUT2D eigenvalue weighted by molar-refractivity contribution is 5.85. The van der Waals surface area contributed by atoms with Crippen molar-refractivity contribution >= 4 is 18.3 Å². The van der Waals surface area contributed by atoms with E-state index >= 15 is 0 Å². The van der Waals surface area contributed by atoms with Gasteiger partial charge in [0.1, 0.15) is 0 Å². The zero-order valence-corrected chi connectivity index (χ0v) is 14.0. The van der Waals surface area contributed by atoms with Crippen molar-refractivity contribution in [1.82, 2.24) is 15.1 Å². The Morgan fingerprint density at radius 1 is 1.10 bits per heavy atom. The van der Waals surface area contributed by atoms with Crippen LogP contribution in [0, 0.1) is 17.8 Å². The Labute approximate surface area is 135 Å². The maximum absolute atomic E-state index is 12.5. The fourth-order valence-corrected chi connectivity index (χ4v) is 4.04. The Bertz CT molecular complexity index is 338. The fraction of sp³-hybridized carbons (Fsp3) is 0.938. The summed E-state index contributed by atoms with van der Waals surface area (Å²) in [6.45, 7) is 9.91. The zero-order valence-electron chi connectivity index (χ0n) is 13.2. The quantitative estimate of drug-likeness (QED) is 0.859. The first kappa shape index (κ1) is 17.0. The molecule has 21 heavy (non-hydrogen) atoms. The molecule has 3 heterocycles. The topological polar surface area (TPSA) is 35.6 Å². The van der Waals surface area contributed by atoms with Gasteiger partial charge in [0.05, 0.1) is 5.92 Å². The van der Waals surface area contributed by atoms with E-state index < -0.39 is 0 Å². The van der Waals surface area contributed by atoms with E-state index in [-0.39, 0.29) is 18.3 Å². The summed E-state index contributed by atoms with van der Waals surface area (Å²) in [5.41, 5.74) is 0. The molecule has 0 aromatic heterocycles. The lowest BCUT2D eigenvalue weighted by molar-refractivity contribution is -0.137. The van der Waals surface area contributed by atoms with Gasteiger partial charge in [-0.3, -0.25) is 4.79 Å². The number of rotatable bonds is 3. The number of amides is 1. The van der Waals surface area contributed by atoms with Crippen LogP contribution in [0.2, 0.25) is 0 Å². The third-order valence-electron chi connectivity index (χ3n) is 5.48. The Balaban J connectivity index is 0.00000161. The SMILES string of the molecule is C[C@@H]1CNC[C@H]1C(=O)N1CCC(CN2CCCC2)CC1.Cl. The molecular weight excluding hydrogens is 286 g/mol.